The van der Waals surface area contributed by atoms with Crippen molar-refractivity contribution in [1.29, 1.82) is 0 Å². The molecule has 3 rings (SSSR count). The molecule has 0 aromatic heterocycles. The largest absolute Gasteiger partial charge is 0.166 e. The minimum Gasteiger partial charge on any atom is -0.121 e. The van der Waals surface area contributed by atoms with Crippen LogP contribution in [-0.2, 0) is 0 Å². The molecule has 0 nitrogen and oxygen atoms in total. The van der Waals surface area contributed by atoms with E-state index in [1.54, 1.807) is 0 Å². The van der Waals surface area contributed by atoms with E-state index in [2.05, 4.69) is 0 Å². The first-order chi connectivity index (χ1) is 8.11. The van der Waals surface area contributed by atoms with Gasteiger partial charge in [0.05, 0.1) is 20.8 Å². The maximum Gasteiger partial charge on any atom is 0.166 e. The molecule has 102 valence electrons. The number of hydrogen-bond donors (Lipinski definition) is 0. The molecule has 0 saturated heterocycles. The van der Waals surface area contributed by atoms with Gasteiger partial charge in [-0.25, -0.2) is 0 Å². The lowest BCUT2D eigenvalue weighted by Crippen LogP contribution is -2.47. The lowest BCUT2D eigenvalue weighted by atomic mass is 9.84. The molecule has 18 heavy (non-hydrogen) atoms. The second kappa shape index (κ2) is 4.07. The van der Waals surface area contributed by atoms with Gasteiger partial charge in [-0.15, -0.1) is 46.4 Å². The number of hydrogen-bond acceptors (Lipinski definition) is 0. The summed E-state index contributed by atoms with van der Waals surface area (Å²) in [6, 6.07) is 0. The molecule has 0 radical (unpaired) electrons. The second-order valence-corrected chi connectivity index (χ2v) is 9.29. The van der Waals surface area contributed by atoms with Gasteiger partial charge in [0, 0.05) is 5.92 Å². The van der Waals surface area contributed by atoms with Gasteiger partial charge < -0.3 is 0 Å². The van der Waals surface area contributed by atoms with E-state index in [1.165, 1.54) is 0 Å². The summed E-state index contributed by atoms with van der Waals surface area (Å²) in [5.41, 5.74) is 0. The first kappa shape index (κ1) is 15.0. The smallest absolute Gasteiger partial charge is 0.121 e. The normalized spacial score (nSPS) is 57.3. The Bertz CT molecular complexity index is 459. The van der Waals surface area contributed by atoms with Crippen molar-refractivity contribution in [3.63, 3.8) is 0 Å². The molecule has 0 heterocycles. The number of rotatable bonds is 0. The van der Waals surface area contributed by atoms with Gasteiger partial charge in [0.15, 0.2) is 4.33 Å². The van der Waals surface area contributed by atoms with Crippen LogP contribution in [0.15, 0.2) is 10.1 Å². The average Bonchev–Trinajstić information content (AvgIpc) is 2.69. The fourth-order valence-electron chi connectivity index (χ4n) is 3.48. The van der Waals surface area contributed by atoms with E-state index in [0.29, 0.717) is 6.42 Å². The van der Waals surface area contributed by atoms with Gasteiger partial charge in [-0.1, -0.05) is 46.4 Å². The van der Waals surface area contributed by atoms with E-state index in [4.69, 9.17) is 92.8 Å². The summed E-state index contributed by atoms with van der Waals surface area (Å²) in [5, 5.41) is -0.259. The molecule has 2 saturated carbocycles. The van der Waals surface area contributed by atoms with E-state index in [0.717, 1.165) is 0 Å². The van der Waals surface area contributed by atoms with Crippen LogP contribution in [0.4, 0.5) is 0 Å². The lowest BCUT2D eigenvalue weighted by molar-refractivity contribution is 0.385. The quantitative estimate of drug-likeness (QED) is 0.451. The number of allylic oxidation sites excluding steroid dienone is 2. The highest BCUT2D eigenvalue weighted by atomic mass is 35.5. The van der Waals surface area contributed by atoms with Crippen LogP contribution >= 0.6 is 92.8 Å². The van der Waals surface area contributed by atoms with Gasteiger partial charge in [-0.2, -0.15) is 0 Å². The first-order valence-electron chi connectivity index (χ1n) is 5.21. The van der Waals surface area contributed by atoms with Crippen LogP contribution in [-0.4, -0.2) is 24.8 Å². The molecular formula is C10H6Cl8. The molecule has 0 aromatic carbocycles. The van der Waals surface area contributed by atoms with Crippen molar-refractivity contribution in [1.82, 2.24) is 0 Å². The molecular weight excluding hydrogens is 404 g/mol. The van der Waals surface area contributed by atoms with E-state index in [9.17, 15) is 0 Å². The van der Waals surface area contributed by atoms with Crippen LogP contribution in [0.3, 0.4) is 0 Å². The summed E-state index contributed by atoms with van der Waals surface area (Å²) >= 11 is 51.0. The van der Waals surface area contributed by atoms with E-state index in [1.807, 2.05) is 0 Å². The highest BCUT2D eigenvalue weighted by molar-refractivity contribution is 6.66. The maximum absolute atomic E-state index is 6.62. The van der Waals surface area contributed by atoms with Crippen LogP contribution in [0, 0.1) is 11.8 Å². The van der Waals surface area contributed by atoms with E-state index in [-0.39, 0.29) is 27.3 Å². The maximum atomic E-state index is 6.62. The summed E-state index contributed by atoms with van der Waals surface area (Å²) < 4.78 is -1.50. The molecule has 0 amide bonds. The molecule has 8 heteroatoms. The van der Waals surface area contributed by atoms with Crippen molar-refractivity contribution >= 4 is 92.8 Å². The van der Waals surface area contributed by atoms with Gasteiger partial charge in [0.25, 0.3) is 0 Å². The van der Waals surface area contributed by atoms with Gasteiger partial charge in [-0.05, 0) is 12.3 Å². The van der Waals surface area contributed by atoms with Gasteiger partial charge in [0.1, 0.15) is 9.75 Å². The van der Waals surface area contributed by atoms with Crippen LogP contribution in [0.5, 0.6) is 0 Å². The van der Waals surface area contributed by atoms with Gasteiger partial charge in [-0.3, -0.25) is 0 Å². The third kappa shape index (κ3) is 1.28. The summed E-state index contributed by atoms with van der Waals surface area (Å²) in [6.07, 6.45) is 0.555. The van der Waals surface area contributed by atoms with Crippen LogP contribution < -0.4 is 0 Å². The van der Waals surface area contributed by atoms with E-state index < -0.39 is 19.5 Å². The summed E-state index contributed by atoms with van der Waals surface area (Å²) in [6.45, 7) is 0. The minimum absolute atomic E-state index is 0.184. The Kier molecular flexibility index (Phi) is 3.39. The minimum atomic E-state index is -1.50. The van der Waals surface area contributed by atoms with Gasteiger partial charge >= 0.3 is 0 Å². The fraction of sp³-hybridized carbons (Fsp3) is 0.800. The fourth-order valence-corrected chi connectivity index (χ4v) is 7.46. The summed E-state index contributed by atoms with van der Waals surface area (Å²) in [5.74, 6) is -0.488. The zero-order valence-corrected chi connectivity index (χ0v) is 14.6. The predicted octanol–water partition coefficient (Wildman–Crippen LogP) is 5.68. The molecule has 6 atom stereocenters. The summed E-state index contributed by atoms with van der Waals surface area (Å²) in [4.78, 5) is -2.50. The third-order valence-corrected chi connectivity index (χ3v) is 9.79. The van der Waals surface area contributed by atoms with Crippen molar-refractivity contribution in [2.24, 2.45) is 11.8 Å². The van der Waals surface area contributed by atoms with E-state index >= 15 is 0 Å². The summed E-state index contributed by atoms with van der Waals surface area (Å²) in [7, 11) is 0. The molecule has 2 unspecified atom stereocenters. The van der Waals surface area contributed by atoms with Crippen LogP contribution in [0.1, 0.15) is 6.42 Å². The predicted molar refractivity (Wildman–Crippen MR) is 81.2 cm³/mol. The Labute approximate surface area is 145 Å². The highest BCUT2D eigenvalue weighted by Crippen LogP contribution is 2.79. The van der Waals surface area contributed by atoms with Crippen LogP contribution in [0.25, 0.3) is 0 Å². The van der Waals surface area contributed by atoms with Crippen molar-refractivity contribution < 1.29 is 0 Å². The molecule has 0 aromatic rings. The molecule has 0 spiro atoms. The molecule has 0 aliphatic heterocycles. The van der Waals surface area contributed by atoms with Crippen molar-refractivity contribution in [3.05, 3.63) is 10.1 Å². The zero-order valence-electron chi connectivity index (χ0n) is 8.54. The number of alkyl halides is 6. The average molecular weight is 410 g/mol. The zero-order chi connectivity index (χ0) is 13.7. The monoisotopic (exact) mass is 406 g/mol. The molecule has 0 N–H and O–H groups in total. The van der Waals surface area contributed by atoms with Crippen LogP contribution in [0.2, 0.25) is 0 Å². The molecule has 2 fully saturated rings. The first-order valence-corrected chi connectivity index (χ1v) is 8.35. The highest BCUT2D eigenvalue weighted by Gasteiger charge is 2.84. The molecule has 2 bridgehead atoms. The topological polar surface area (TPSA) is 0 Å². The van der Waals surface area contributed by atoms with Gasteiger partial charge in [0.2, 0.25) is 0 Å². The SMILES string of the molecule is ClC1=C(Cl)[C@]2(Cl)C3C[C@H](Cl)[C@@H](Cl)C3[C@@]1(Cl)C2(Cl)Cl. The molecule has 3 aliphatic carbocycles. The molecule has 3 aliphatic rings. The Balaban J connectivity index is 2.26. The van der Waals surface area contributed by atoms with Crippen molar-refractivity contribution in [2.45, 2.75) is 31.3 Å². The van der Waals surface area contributed by atoms with Crippen molar-refractivity contribution in [2.75, 3.05) is 0 Å². The Hall–Kier alpha value is 2.06. The Morgan fingerprint density at radius 1 is 0.889 bits per heavy atom. The van der Waals surface area contributed by atoms with Crippen molar-refractivity contribution in [3.8, 4) is 0 Å². The third-order valence-electron chi connectivity index (χ3n) is 4.32. The Morgan fingerprint density at radius 3 is 1.94 bits per heavy atom. The Morgan fingerprint density at radius 2 is 1.39 bits per heavy atom. The standard InChI is InChI=1S/C10H6Cl8/c11-3-1-2-4(5(3)12)9(16)7(14)6(13)8(2,15)10(9,17)18/h2-5H,1H2/t2?,3-,4?,5+,8+,9-/m0/s1. The lowest BCUT2D eigenvalue weighted by Gasteiger charge is -2.35. The second-order valence-electron chi connectivity index (χ2n) is 4.95. The number of fused-ring (bicyclic) bond motifs is 5. The number of halogens is 8.